The zero-order valence-electron chi connectivity index (χ0n) is 13.5. The van der Waals surface area contributed by atoms with Crippen LogP contribution in [0.5, 0.6) is 0 Å². The van der Waals surface area contributed by atoms with Crippen molar-refractivity contribution in [3.63, 3.8) is 0 Å². The SMILES string of the molecule is CC(C)(C)OC(=O)N1CCCCC(NCc2cc(Br)cs2)C1. The first-order valence-electron chi connectivity index (χ1n) is 7.78. The molecule has 0 aliphatic carbocycles. The molecule has 22 heavy (non-hydrogen) atoms. The second kappa shape index (κ2) is 7.79. The number of nitrogens with zero attached hydrogens (tertiary/aromatic N) is 1. The number of hydrogen-bond donors (Lipinski definition) is 1. The second-order valence-corrected chi connectivity index (χ2v) is 8.64. The number of nitrogens with one attached hydrogen (secondary N) is 1. The molecule has 1 N–H and O–H groups in total. The van der Waals surface area contributed by atoms with Crippen LogP contribution >= 0.6 is 27.3 Å². The summed E-state index contributed by atoms with van der Waals surface area (Å²) in [6.45, 7) is 8.09. The maximum Gasteiger partial charge on any atom is 0.410 e. The number of carbonyl (C=O) groups excluding carboxylic acids is 1. The Kier molecular flexibility index (Phi) is 6.29. The average Bonchev–Trinajstić information content (AvgIpc) is 2.69. The largest absolute Gasteiger partial charge is 0.444 e. The number of ether oxygens (including phenoxy) is 1. The molecule has 1 aromatic rings. The Morgan fingerprint density at radius 3 is 2.91 bits per heavy atom. The quantitative estimate of drug-likeness (QED) is 0.834. The highest BCUT2D eigenvalue weighted by Crippen LogP contribution is 2.20. The van der Waals surface area contributed by atoms with E-state index in [1.807, 2.05) is 25.7 Å². The van der Waals surface area contributed by atoms with Gasteiger partial charge in [-0.2, -0.15) is 0 Å². The highest BCUT2D eigenvalue weighted by atomic mass is 79.9. The molecule has 1 fully saturated rings. The van der Waals surface area contributed by atoms with Crippen molar-refractivity contribution in [1.29, 1.82) is 0 Å². The molecule has 4 nitrogen and oxygen atoms in total. The normalized spacial score (nSPS) is 19.8. The number of rotatable bonds is 3. The Morgan fingerprint density at radius 2 is 2.27 bits per heavy atom. The number of thiophene rings is 1. The van der Waals surface area contributed by atoms with Gasteiger partial charge in [0.1, 0.15) is 5.60 Å². The lowest BCUT2D eigenvalue weighted by Gasteiger charge is -2.28. The molecule has 0 spiro atoms. The summed E-state index contributed by atoms with van der Waals surface area (Å²) in [5, 5.41) is 5.67. The lowest BCUT2D eigenvalue weighted by Crippen LogP contribution is -2.44. The number of amides is 1. The second-order valence-electron chi connectivity index (χ2n) is 6.73. The van der Waals surface area contributed by atoms with Crippen molar-refractivity contribution in [2.45, 2.75) is 58.2 Å². The van der Waals surface area contributed by atoms with Crippen LogP contribution in [-0.2, 0) is 11.3 Å². The Hall–Kier alpha value is -0.590. The van der Waals surface area contributed by atoms with E-state index in [9.17, 15) is 4.79 Å². The van der Waals surface area contributed by atoms with E-state index in [0.717, 1.165) is 43.4 Å². The molecule has 1 unspecified atom stereocenters. The number of hydrogen-bond acceptors (Lipinski definition) is 4. The standard InChI is InChI=1S/C16H25BrN2O2S/c1-16(2,3)21-15(20)19-7-5-4-6-13(10-19)18-9-14-8-12(17)11-22-14/h8,11,13,18H,4-7,9-10H2,1-3H3. The fourth-order valence-corrected chi connectivity index (χ4v) is 3.89. The van der Waals surface area contributed by atoms with E-state index in [-0.39, 0.29) is 6.09 Å². The first-order chi connectivity index (χ1) is 10.3. The molecule has 0 saturated carbocycles. The van der Waals surface area contributed by atoms with Gasteiger partial charge in [0.2, 0.25) is 0 Å². The van der Waals surface area contributed by atoms with Crippen molar-refractivity contribution in [3.05, 3.63) is 20.8 Å². The Labute approximate surface area is 145 Å². The topological polar surface area (TPSA) is 41.6 Å². The molecule has 2 heterocycles. The third-order valence-electron chi connectivity index (χ3n) is 3.51. The summed E-state index contributed by atoms with van der Waals surface area (Å²) in [6.07, 6.45) is 3.10. The zero-order valence-corrected chi connectivity index (χ0v) is 15.9. The fourth-order valence-electron chi connectivity index (χ4n) is 2.49. The fraction of sp³-hybridized carbons (Fsp3) is 0.688. The summed E-state index contributed by atoms with van der Waals surface area (Å²) >= 11 is 5.22. The van der Waals surface area contributed by atoms with Crippen LogP contribution in [-0.4, -0.2) is 35.7 Å². The van der Waals surface area contributed by atoms with Gasteiger partial charge in [-0.15, -0.1) is 11.3 Å². The van der Waals surface area contributed by atoms with Crippen LogP contribution in [0.4, 0.5) is 4.79 Å². The number of halogens is 1. The van der Waals surface area contributed by atoms with Gasteiger partial charge in [0, 0.05) is 40.4 Å². The first-order valence-corrected chi connectivity index (χ1v) is 9.45. The minimum absolute atomic E-state index is 0.194. The van der Waals surface area contributed by atoms with Crippen molar-refractivity contribution < 1.29 is 9.53 Å². The van der Waals surface area contributed by atoms with Gasteiger partial charge >= 0.3 is 6.09 Å². The zero-order chi connectivity index (χ0) is 16.2. The van der Waals surface area contributed by atoms with Crippen molar-refractivity contribution in [3.8, 4) is 0 Å². The predicted octanol–water partition coefficient (Wildman–Crippen LogP) is 4.39. The van der Waals surface area contributed by atoms with E-state index in [4.69, 9.17) is 4.74 Å². The Bertz CT molecular complexity index is 499. The van der Waals surface area contributed by atoms with E-state index in [2.05, 4.69) is 32.7 Å². The maximum atomic E-state index is 12.3. The molecule has 0 aromatic carbocycles. The van der Waals surface area contributed by atoms with Crippen LogP contribution in [0.15, 0.2) is 15.9 Å². The third kappa shape index (κ3) is 5.89. The average molecular weight is 389 g/mol. The smallest absolute Gasteiger partial charge is 0.410 e. The van der Waals surface area contributed by atoms with Gasteiger partial charge in [0.05, 0.1) is 0 Å². The van der Waals surface area contributed by atoms with E-state index in [1.165, 1.54) is 4.88 Å². The lowest BCUT2D eigenvalue weighted by atomic mass is 10.1. The van der Waals surface area contributed by atoms with E-state index >= 15 is 0 Å². The van der Waals surface area contributed by atoms with Crippen LogP contribution in [0, 0.1) is 0 Å². The first kappa shape index (κ1) is 17.8. The molecular weight excluding hydrogens is 364 g/mol. The Morgan fingerprint density at radius 1 is 1.50 bits per heavy atom. The van der Waals surface area contributed by atoms with Crippen LogP contribution in [0.1, 0.15) is 44.9 Å². The number of likely N-dealkylation sites (tertiary alicyclic amines) is 1. The molecule has 1 aromatic heterocycles. The highest BCUT2D eigenvalue weighted by Gasteiger charge is 2.26. The Balaban J connectivity index is 1.87. The third-order valence-corrected chi connectivity index (χ3v) is 5.21. The van der Waals surface area contributed by atoms with Crippen molar-refractivity contribution >= 4 is 33.4 Å². The minimum Gasteiger partial charge on any atom is -0.444 e. The van der Waals surface area contributed by atoms with Gasteiger partial charge in [-0.05, 0) is 55.6 Å². The van der Waals surface area contributed by atoms with Crippen molar-refractivity contribution in [2.24, 2.45) is 0 Å². The van der Waals surface area contributed by atoms with Gasteiger partial charge in [-0.3, -0.25) is 0 Å². The van der Waals surface area contributed by atoms with Crippen LogP contribution in [0.25, 0.3) is 0 Å². The van der Waals surface area contributed by atoms with Gasteiger partial charge in [-0.1, -0.05) is 6.42 Å². The van der Waals surface area contributed by atoms with Gasteiger partial charge < -0.3 is 15.0 Å². The molecule has 1 atom stereocenters. The molecular formula is C16H25BrN2O2S. The molecule has 0 radical (unpaired) electrons. The van der Waals surface area contributed by atoms with Crippen molar-refractivity contribution in [2.75, 3.05) is 13.1 Å². The number of carbonyl (C=O) groups is 1. The molecule has 1 aliphatic rings. The van der Waals surface area contributed by atoms with E-state index in [1.54, 1.807) is 11.3 Å². The molecule has 124 valence electrons. The molecule has 1 saturated heterocycles. The summed E-state index contributed by atoms with van der Waals surface area (Å²) in [5.41, 5.74) is -0.435. The molecule has 1 amide bonds. The predicted molar refractivity (Wildman–Crippen MR) is 94.3 cm³/mol. The van der Waals surface area contributed by atoms with Crippen molar-refractivity contribution in [1.82, 2.24) is 10.2 Å². The summed E-state index contributed by atoms with van der Waals surface area (Å²) in [4.78, 5) is 15.4. The van der Waals surface area contributed by atoms with Gasteiger partial charge in [-0.25, -0.2) is 4.79 Å². The van der Waals surface area contributed by atoms with E-state index < -0.39 is 5.60 Å². The van der Waals surface area contributed by atoms with Crippen LogP contribution in [0.2, 0.25) is 0 Å². The molecule has 0 bridgehead atoms. The summed E-state index contributed by atoms with van der Waals surface area (Å²) in [5.74, 6) is 0. The summed E-state index contributed by atoms with van der Waals surface area (Å²) in [7, 11) is 0. The monoisotopic (exact) mass is 388 g/mol. The van der Waals surface area contributed by atoms with Gasteiger partial charge in [0.15, 0.2) is 0 Å². The molecule has 2 rings (SSSR count). The van der Waals surface area contributed by atoms with Crippen LogP contribution < -0.4 is 5.32 Å². The molecule has 6 heteroatoms. The molecule has 1 aliphatic heterocycles. The van der Waals surface area contributed by atoms with Gasteiger partial charge in [0.25, 0.3) is 0 Å². The maximum absolute atomic E-state index is 12.3. The highest BCUT2D eigenvalue weighted by molar-refractivity contribution is 9.10. The minimum atomic E-state index is -0.435. The lowest BCUT2D eigenvalue weighted by molar-refractivity contribution is 0.0243. The van der Waals surface area contributed by atoms with Crippen LogP contribution in [0.3, 0.4) is 0 Å². The van der Waals surface area contributed by atoms with E-state index in [0.29, 0.717) is 6.04 Å². The summed E-state index contributed by atoms with van der Waals surface area (Å²) < 4.78 is 6.63. The summed E-state index contributed by atoms with van der Waals surface area (Å²) in [6, 6.07) is 2.47.